The van der Waals surface area contributed by atoms with E-state index < -0.39 is 11.9 Å². The normalized spacial score (nSPS) is 14.7. The van der Waals surface area contributed by atoms with E-state index >= 15 is 0 Å². The molecule has 0 bridgehead atoms. The van der Waals surface area contributed by atoms with Crippen molar-refractivity contribution < 1.29 is 19.1 Å². The highest BCUT2D eigenvalue weighted by Crippen LogP contribution is 2.27. The number of amides is 3. The SMILES string of the molecule is CCCCN1CC(=O)N(CC(CSc2ccc(-c3ccc(Cl)cc3)cc2)C(=O)OC)C1=O. The molecule has 1 aliphatic rings. The van der Waals surface area contributed by atoms with Crippen LogP contribution in [0, 0.1) is 5.92 Å². The summed E-state index contributed by atoms with van der Waals surface area (Å²) in [4.78, 5) is 41.0. The molecule has 1 heterocycles. The van der Waals surface area contributed by atoms with E-state index in [-0.39, 0.29) is 25.0 Å². The first kappa shape index (κ1) is 24.1. The van der Waals surface area contributed by atoms with Crippen LogP contribution in [0.3, 0.4) is 0 Å². The number of unbranched alkanes of at least 4 members (excludes halogenated alkanes) is 1. The van der Waals surface area contributed by atoms with Crippen LogP contribution in [0.15, 0.2) is 53.4 Å². The molecule has 0 aliphatic carbocycles. The smallest absolute Gasteiger partial charge is 0.327 e. The van der Waals surface area contributed by atoms with Gasteiger partial charge < -0.3 is 9.64 Å². The first-order valence-corrected chi connectivity index (χ1v) is 11.9. The van der Waals surface area contributed by atoms with Crippen LogP contribution >= 0.6 is 23.4 Å². The van der Waals surface area contributed by atoms with E-state index in [1.165, 1.54) is 23.8 Å². The molecule has 3 amide bonds. The summed E-state index contributed by atoms with van der Waals surface area (Å²) in [7, 11) is 1.32. The number of hydrogen-bond donors (Lipinski definition) is 0. The maximum atomic E-state index is 12.6. The zero-order chi connectivity index (χ0) is 23.1. The van der Waals surface area contributed by atoms with Crippen molar-refractivity contribution in [3.63, 3.8) is 0 Å². The molecule has 0 aromatic heterocycles. The fourth-order valence-corrected chi connectivity index (χ4v) is 4.55. The van der Waals surface area contributed by atoms with Crippen LogP contribution in [0.5, 0.6) is 0 Å². The van der Waals surface area contributed by atoms with Crippen LogP contribution in [-0.2, 0) is 14.3 Å². The Bertz CT molecular complexity index is 949. The average Bonchev–Trinajstić information content (AvgIpc) is 3.08. The van der Waals surface area contributed by atoms with Crippen molar-refractivity contribution in [3.8, 4) is 11.1 Å². The summed E-state index contributed by atoms with van der Waals surface area (Å²) < 4.78 is 4.93. The molecule has 0 spiro atoms. The van der Waals surface area contributed by atoms with Gasteiger partial charge in [-0.3, -0.25) is 14.5 Å². The third-order valence-corrected chi connectivity index (χ3v) is 6.76. The fourth-order valence-electron chi connectivity index (χ4n) is 3.46. The van der Waals surface area contributed by atoms with Crippen molar-refractivity contribution in [2.75, 3.05) is 32.5 Å². The highest BCUT2D eigenvalue weighted by Gasteiger charge is 2.38. The van der Waals surface area contributed by atoms with Gasteiger partial charge in [0.1, 0.15) is 6.54 Å². The zero-order valence-corrected chi connectivity index (χ0v) is 19.8. The van der Waals surface area contributed by atoms with Gasteiger partial charge in [0.05, 0.1) is 13.0 Å². The third kappa shape index (κ3) is 6.04. The van der Waals surface area contributed by atoms with Crippen molar-refractivity contribution in [2.24, 2.45) is 5.92 Å². The lowest BCUT2D eigenvalue weighted by atomic mass is 10.1. The highest BCUT2D eigenvalue weighted by molar-refractivity contribution is 7.99. The molecule has 32 heavy (non-hydrogen) atoms. The maximum absolute atomic E-state index is 12.6. The number of thioether (sulfide) groups is 1. The highest BCUT2D eigenvalue weighted by atomic mass is 35.5. The minimum absolute atomic E-state index is 0.0306. The Labute approximate surface area is 197 Å². The standard InChI is InChI=1S/C24H27ClN2O4S/c1-3-4-13-26-15-22(28)27(24(26)30)14-19(23(29)31-2)16-32-21-11-7-18(8-12-21)17-5-9-20(25)10-6-17/h5-12,19H,3-4,13-16H2,1-2H3. The van der Waals surface area contributed by atoms with Crippen molar-refractivity contribution in [1.82, 2.24) is 9.80 Å². The van der Waals surface area contributed by atoms with Crippen LogP contribution in [0.2, 0.25) is 5.02 Å². The monoisotopic (exact) mass is 474 g/mol. The largest absolute Gasteiger partial charge is 0.469 e. The second kappa shape index (κ2) is 11.4. The molecule has 2 aromatic rings. The van der Waals surface area contributed by atoms with E-state index in [2.05, 4.69) is 0 Å². The van der Waals surface area contributed by atoms with Gasteiger partial charge in [0.25, 0.3) is 0 Å². The van der Waals surface area contributed by atoms with Crippen LogP contribution in [0.1, 0.15) is 19.8 Å². The lowest BCUT2D eigenvalue weighted by molar-refractivity contribution is -0.145. The van der Waals surface area contributed by atoms with Crippen molar-refractivity contribution in [2.45, 2.75) is 24.7 Å². The zero-order valence-electron chi connectivity index (χ0n) is 18.3. The summed E-state index contributed by atoms with van der Waals surface area (Å²) >= 11 is 7.45. The number of halogens is 1. The van der Waals surface area contributed by atoms with Crippen molar-refractivity contribution >= 4 is 41.3 Å². The number of urea groups is 1. The Morgan fingerprint density at radius 1 is 1.09 bits per heavy atom. The van der Waals surface area contributed by atoms with E-state index in [9.17, 15) is 14.4 Å². The van der Waals surface area contributed by atoms with Gasteiger partial charge in [0.15, 0.2) is 0 Å². The molecule has 0 radical (unpaired) electrons. The molecule has 8 heteroatoms. The average molecular weight is 475 g/mol. The van der Waals surface area contributed by atoms with Crippen LogP contribution in [0.25, 0.3) is 11.1 Å². The molecular weight excluding hydrogens is 448 g/mol. The molecule has 1 fully saturated rings. The Morgan fingerprint density at radius 2 is 1.72 bits per heavy atom. The van der Waals surface area contributed by atoms with E-state index in [4.69, 9.17) is 16.3 Å². The Balaban J connectivity index is 1.62. The summed E-state index contributed by atoms with van der Waals surface area (Å²) in [5.41, 5.74) is 2.13. The van der Waals surface area contributed by atoms with Gasteiger partial charge in [0.2, 0.25) is 5.91 Å². The fraction of sp³-hybridized carbons (Fsp3) is 0.375. The number of esters is 1. The van der Waals surface area contributed by atoms with E-state index in [0.29, 0.717) is 17.3 Å². The molecule has 6 nitrogen and oxygen atoms in total. The van der Waals surface area contributed by atoms with Crippen LogP contribution in [0.4, 0.5) is 4.79 Å². The first-order chi connectivity index (χ1) is 15.4. The van der Waals surface area contributed by atoms with Gasteiger partial charge in [-0.1, -0.05) is 49.2 Å². The minimum atomic E-state index is -0.597. The van der Waals surface area contributed by atoms with E-state index in [1.807, 2.05) is 55.5 Å². The molecular formula is C24H27ClN2O4S. The third-order valence-electron chi connectivity index (χ3n) is 5.33. The molecule has 1 atom stereocenters. The molecule has 1 saturated heterocycles. The Kier molecular flexibility index (Phi) is 8.59. The second-order valence-electron chi connectivity index (χ2n) is 7.62. The van der Waals surface area contributed by atoms with Gasteiger partial charge in [-0.25, -0.2) is 4.79 Å². The number of nitrogens with zero attached hydrogens (tertiary/aromatic N) is 2. The Morgan fingerprint density at radius 3 is 2.31 bits per heavy atom. The number of carbonyl (C=O) groups excluding carboxylic acids is 3. The van der Waals surface area contributed by atoms with Gasteiger partial charge in [0, 0.05) is 28.8 Å². The number of carbonyl (C=O) groups is 3. The van der Waals surface area contributed by atoms with Crippen molar-refractivity contribution in [1.29, 1.82) is 0 Å². The van der Waals surface area contributed by atoms with Crippen LogP contribution in [-0.4, -0.2) is 60.2 Å². The summed E-state index contributed by atoms with van der Waals surface area (Å²) in [5, 5.41) is 0.693. The molecule has 170 valence electrons. The van der Waals surface area contributed by atoms with E-state index in [0.717, 1.165) is 28.9 Å². The topological polar surface area (TPSA) is 66.9 Å². The number of ether oxygens (including phenoxy) is 1. The Hall–Kier alpha value is -2.51. The van der Waals surface area contributed by atoms with Gasteiger partial charge in [-0.2, -0.15) is 0 Å². The van der Waals surface area contributed by atoms with Gasteiger partial charge >= 0.3 is 12.0 Å². The van der Waals surface area contributed by atoms with Crippen LogP contribution < -0.4 is 0 Å². The maximum Gasteiger partial charge on any atom is 0.327 e. The van der Waals surface area contributed by atoms with Gasteiger partial charge in [-0.15, -0.1) is 11.8 Å². The number of hydrogen-bond acceptors (Lipinski definition) is 5. The predicted octanol–water partition coefficient (Wildman–Crippen LogP) is 4.95. The second-order valence-corrected chi connectivity index (χ2v) is 9.15. The number of imide groups is 1. The molecule has 0 saturated carbocycles. The number of benzene rings is 2. The molecule has 3 rings (SSSR count). The van der Waals surface area contributed by atoms with E-state index in [1.54, 1.807) is 4.90 Å². The van der Waals surface area contributed by atoms with Gasteiger partial charge in [-0.05, 0) is 41.8 Å². The quantitative estimate of drug-likeness (QED) is 0.277. The minimum Gasteiger partial charge on any atom is -0.469 e. The summed E-state index contributed by atoms with van der Waals surface area (Å²) in [6.45, 7) is 2.69. The lowest BCUT2D eigenvalue weighted by Crippen LogP contribution is -2.40. The molecule has 1 aliphatic heterocycles. The summed E-state index contributed by atoms with van der Waals surface area (Å²) in [6, 6.07) is 15.3. The van der Waals surface area contributed by atoms with Crippen molar-refractivity contribution in [3.05, 3.63) is 53.6 Å². The molecule has 1 unspecified atom stereocenters. The molecule has 2 aromatic carbocycles. The number of rotatable bonds is 10. The predicted molar refractivity (Wildman–Crippen MR) is 127 cm³/mol. The summed E-state index contributed by atoms with van der Waals surface area (Å²) in [6.07, 6.45) is 1.78. The lowest BCUT2D eigenvalue weighted by Gasteiger charge is -2.21. The first-order valence-electron chi connectivity index (χ1n) is 10.6. The molecule has 0 N–H and O–H groups in total. The number of methoxy groups -OCH3 is 1. The summed E-state index contributed by atoms with van der Waals surface area (Å²) in [5.74, 6) is -0.890.